The fourth-order valence-electron chi connectivity index (χ4n) is 5.09. The van der Waals surface area contributed by atoms with Gasteiger partial charge in [-0.25, -0.2) is 4.79 Å². The van der Waals surface area contributed by atoms with E-state index in [-0.39, 0.29) is 34.9 Å². The Morgan fingerprint density at radius 2 is 1.86 bits per heavy atom. The Labute approximate surface area is 253 Å². The number of nitrogens with two attached hydrogens (primary N) is 2. The maximum Gasteiger partial charge on any atom is 0.405 e. The molecule has 0 aromatic carbocycles. The normalized spacial score (nSPS) is 31.3. The van der Waals surface area contributed by atoms with E-state index >= 15 is 0 Å². The number of Topliss-reactive ketones (excluding diaryl/α,β-unsaturated/α-hetero) is 1. The second-order valence-corrected chi connectivity index (χ2v) is 11.0. The SMILES string of the molecule is CO[C@H]1/C=C/C=C(/C)C(=O)NC2=CC(=O)C(NCCCN)=C(C[C@@H](C)C[C@H](OC)[C@H](O)[C@@H](C)/C=C(\C)[C@@H]1OC(N)=O)C2=O. The molecule has 0 saturated carbocycles. The molecular weight excluding hydrogens is 556 g/mol. The fraction of sp³-hybridized carbons (Fsp3) is 0.548. The van der Waals surface area contributed by atoms with Gasteiger partial charge in [-0.2, -0.15) is 0 Å². The largest absolute Gasteiger partial charge is 0.439 e. The van der Waals surface area contributed by atoms with Crippen LogP contribution >= 0.6 is 0 Å². The molecule has 0 radical (unpaired) electrons. The number of rotatable bonds is 7. The summed E-state index contributed by atoms with van der Waals surface area (Å²) in [5.74, 6) is -2.12. The number of hydrogen-bond acceptors (Lipinski definition) is 10. The van der Waals surface area contributed by atoms with Crippen molar-refractivity contribution in [1.29, 1.82) is 0 Å². The molecule has 7 N–H and O–H groups in total. The number of aliphatic hydroxyl groups is 1. The van der Waals surface area contributed by atoms with E-state index in [0.717, 1.165) is 6.08 Å². The maximum atomic E-state index is 13.6. The average Bonchev–Trinajstić information content (AvgIpc) is 2.95. The van der Waals surface area contributed by atoms with Crippen molar-refractivity contribution in [2.75, 3.05) is 27.3 Å². The first kappa shape index (κ1) is 35.6. The second kappa shape index (κ2) is 16.9. The number of carbonyl (C=O) groups is 4. The number of allylic oxidation sites excluding steroid dienone is 4. The molecule has 1 aliphatic heterocycles. The highest BCUT2D eigenvalue weighted by Gasteiger charge is 2.33. The summed E-state index contributed by atoms with van der Waals surface area (Å²) in [6.45, 7) is 7.79. The van der Waals surface area contributed by atoms with Gasteiger partial charge in [-0.1, -0.05) is 38.2 Å². The van der Waals surface area contributed by atoms with Crippen LogP contribution in [0.5, 0.6) is 0 Å². The number of ether oxygens (including phenoxy) is 3. The van der Waals surface area contributed by atoms with E-state index in [9.17, 15) is 24.3 Å². The van der Waals surface area contributed by atoms with Crippen LogP contribution in [0.1, 0.15) is 47.0 Å². The third kappa shape index (κ3) is 9.99. The molecule has 1 aliphatic carbocycles. The molecule has 6 atom stereocenters. The molecule has 1 heterocycles. The van der Waals surface area contributed by atoms with E-state index < -0.39 is 53.9 Å². The van der Waals surface area contributed by atoms with Crippen molar-refractivity contribution in [3.63, 3.8) is 0 Å². The Hall–Kier alpha value is -3.58. The number of primary amides is 1. The average molecular weight is 603 g/mol. The molecule has 0 aromatic heterocycles. The van der Waals surface area contributed by atoms with E-state index in [2.05, 4.69) is 10.6 Å². The predicted octanol–water partition coefficient (Wildman–Crippen LogP) is 1.70. The highest BCUT2D eigenvalue weighted by molar-refractivity contribution is 6.23. The molecule has 2 aliphatic rings. The van der Waals surface area contributed by atoms with Crippen molar-refractivity contribution in [1.82, 2.24) is 10.6 Å². The zero-order valence-corrected chi connectivity index (χ0v) is 25.8. The Morgan fingerprint density at radius 1 is 1.16 bits per heavy atom. The van der Waals surface area contributed by atoms with Crippen molar-refractivity contribution in [3.05, 3.63) is 58.5 Å². The molecule has 0 saturated heterocycles. The third-order valence-corrected chi connectivity index (χ3v) is 7.48. The molecule has 43 heavy (non-hydrogen) atoms. The molecule has 12 nitrogen and oxygen atoms in total. The number of ketones is 2. The summed E-state index contributed by atoms with van der Waals surface area (Å²) in [6.07, 6.45) is 4.38. The molecule has 12 heteroatoms. The van der Waals surface area contributed by atoms with Gasteiger partial charge in [-0.15, -0.1) is 0 Å². The lowest BCUT2D eigenvalue weighted by Crippen LogP contribution is -2.38. The minimum absolute atomic E-state index is 0.127. The van der Waals surface area contributed by atoms with E-state index in [1.165, 1.54) is 20.3 Å². The molecule has 2 rings (SSSR count). The number of carbonyl (C=O) groups excluding carboxylic acids is 4. The lowest BCUT2D eigenvalue weighted by atomic mass is 9.85. The minimum atomic E-state index is -1.00. The van der Waals surface area contributed by atoms with Gasteiger partial charge in [0.25, 0.3) is 5.91 Å². The van der Waals surface area contributed by atoms with Crippen LogP contribution in [0.15, 0.2) is 58.5 Å². The van der Waals surface area contributed by atoms with Gasteiger partial charge in [0, 0.05) is 43.9 Å². The van der Waals surface area contributed by atoms with Crippen LogP contribution in [-0.2, 0) is 28.6 Å². The fourth-order valence-corrected chi connectivity index (χ4v) is 5.09. The number of nitrogens with one attached hydrogen (secondary N) is 2. The summed E-state index contributed by atoms with van der Waals surface area (Å²) < 4.78 is 16.6. The Morgan fingerprint density at radius 3 is 2.47 bits per heavy atom. The Balaban J connectivity index is 2.61. The van der Waals surface area contributed by atoms with Crippen LogP contribution in [0.2, 0.25) is 0 Å². The third-order valence-electron chi connectivity index (χ3n) is 7.48. The van der Waals surface area contributed by atoms with Crippen molar-refractivity contribution in [3.8, 4) is 0 Å². The number of aliphatic hydroxyl groups excluding tert-OH is 1. The predicted molar refractivity (Wildman–Crippen MR) is 161 cm³/mol. The van der Waals surface area contributed by atoms with Gasteiger partial charge >= 0.3 is 6.09 Å². The number of fused-ring (bicyclic) bond motifs is 2. The first-order valence-electron chi connectivity index (χ1n) is 14.4. The van der Waals surface area contributed by atoms with Crippen molar-refractivity contribution in [2.45, 2.75) is 71.4 Å². The zero-order valence-electron chi connectivity index (χ0n) is 25.8. The van der Waals surface area contributed by atoms with Crippen LogP contribution in [0.25, 0.3) is 0 Å². The van der Waals surface area contributed by atoms with E-state index in [1.54, 1.807) is 39.0 Å². The van der Waals surface area contributed by atoms with Gasteiger partial charge in [0.05, 0.1) is 23.6 Å². The van der Waals surface area contributed by atoms with Gasteiger partial charge < -0.3 is 41.4 Å². The van der Waals surface area contributed by atoms with Gasteiger partial charge in [0.15, 0.2) is 6.10 Å². The maximum absolute atomic E-state index is 13.6. The minimum Gasteiger partial charge on any atom is -0.439 e. The topological polar surface area (TPSA) is 192 Å². The summed E-state index contributed by atoms with van der Waals surface area (Å²) in [5.41, 5.74) is 12.1. The van der Waals surface area contributed by atoms with Crippen molar-refractivity contribution < 1.29 is 38.5 Å². The van der Waals surface area contributed by atoms with Crippen LogP contribution in [0.3, 0.4) is 0 Å². The van der Waals surface area contributed by atoms with Gasteiger partial charge in [-0.05, 0) is 51.1 Å². The molecule has 2 amide bonds. The zero-order chi connectivity index (χ0) is 32.3. The van der Waals surface area contributed by atoms with Gasteiger partial charge in [-0.3, -0.25) is 14.4 Å². The summed E-state index contributed by atoms with van der Waals surface area (Å²) in [6, 6.07) is 0. The molecule has 0 fully saturated rings. The molecule has 0 unspecified atom stereocenters. The Bertz CT molecular complexity index is 1200. The lowest BCUT2D eigenvalue weighted by Gasteiger charge is -2.30. The standard InChI is InChI=1S/C31H46N4O8/c1-17-13-21-26(34-12-8-11-32)23(36)16-22(28(21)38)35-30(39)18(2)9-7-10-24(41-5)29(43-31(33)40)20(4)15-19(3)27(37)25(14-17)42-6/h7,9-10,15-17,19,24-25,27,29,34,37H,8,11-14,32H2,1-6H3,(H2,33,40)(H,35,39)/b10-7+,18-9-,20-15+/t17-,19+,24+,25+,27-,29+/m1/s1. The molecular formula is C31H46N4O8. The lowest BCUT2D eigenvalue weighted by molar-refractivity contribution is -0.120. The van der Waals surface area contributed by atoms with Gasteiger partial charge in [0.2, 0.25) is 11.6 Å². The van der Waals surface area contributed by atoms with Crippen molar-refractivity contribution in [2.24, 2.45) is 23.3 Å². The number of methoxy groups -OCH3 is 2. The van der Waals surface area contributed by atoms with Crippen LogP contribution < -0.4 is 22.1 Å². The first-order valence-corrected chi connectivity index (χ1v) is 14.4. The molecule has 0 spiro atoms. The summed E-state index contributed by atoms with van der Waals surface area (Å²) in [4.78, 5) is 51.5. The first-order chi connectivity index (χ1) is 20.3. The second-order valence-electron chi connectivity index (χ2n) is 11.0. The summed E-state index contributed by atoms with van der Waals surface area (Å²) in [7, 11) is 2.92. The van der Waals surface area contributed by atoms with E-state index in [0.29, 0.717) is 31.5 Å². The highest BCUT2D eigenvalue weighted by Crippen LogP contribution is 2.28. The number of amides is 2. The molecule has 0 aromatic rings. The van der Waals surface area contributed by atoms with Crippen LogP contribution in [0.4, 0.5) is 4.79 Å². The van der Waals surface area contributed by atoms with Crippen LogP contribution in [0, 0.1) is 11.8 Å². The molecule has 238 valence electrons. The quantitative estimate of drug-likeness (QED) is 0.163. The van der Waals surface area contributed by atoms with E-state index in [4.69, 9.17) is 25.7 Å². The van der Waals surface area contributed by atoms with Crippen LogP contribution in [-0.4, -0.2) is 80.4 Å². The Kier molecular flexibility index (Phi) is 14.0. The molecule has 2 bridgehead atoms. The number of hydrogen-bond donors (Lipinski definition) is 5. The monoisotopic (exact) mass is 602 g/mol. The summed E-state index contributed by atoms with van der Waals surface area (Å²) >= 11 is 0. The smallest absolute Gasteiger partial charge is 0.405 e. The van der Waals surface area contributed by atoms with E-state index in [1.807, 2.05) is 6.92 Å². The highest BCUT2D eigenvalue weighted by atomic mass is 16.6. The van der Waals surface area contributed by atoms with Gasteiger partial charge in [0.1, 0.15) is 6.10 Å². The summed E-state index contributed by atoms with van der Waals surface area (Å²) in [5, 5.41) is 16.9. The van der Waals surface area contributed by atoms with Crippen molar-refractivity contribution >= 4 is 23.6 Å².